The number of esters is 4. The molecule has 2 unspecified atom stereocenters. The van der Waals surface area contributed by atoms with Gasteiger partial charge in [-0.2, -0.15) is 0 Å². The SMILES string of the molecule is CC(OCCOCCOC(=O)C(C)OC(=O)CCCCCO)C(=O)OC(=O)CCCCCO. The van der Waals surface area contributed by atoms with Gasteiger partial charge in [-0.3, -0.25) is 9.59 Å². The maximum atomic E-state index is 11.8. The van der Waals surface area contributed by atoms with Crippen molar-refractivity contribution in [1.82, 2.24) is 0 Å². The predicted molar refractivity (Wildman–Crippen MR) is 115 cm³/mol. The Hall–Kier alpha value is -2.08. The molecule has 0 saturated heterocycles. The molecule has 0 rings (SSSR count). The van der Waals surface area contributed by atoms with Gasteiger partial charge in [0.2, 0.25) is 0 Å². The van der Waals surface area contributed by atoms with Crippen LogP contribution in [0, 0.1) is 0 Å². The number of unbranched alkanes of at least 4 members (excludes halogenated alkanes) is 4. The van der Waals surface area contributed by atoms with E-state index >= 15 is 0 Å². The molecule has 0 aromatic heterocycles. The van der Waals surface area contributed by atoms with Gasteiger partial charge in [0, 0.05) is 26.1 Å². The van der Waals surface area contributed by atoms with Crippen LogP contribution in [-0.4, -0.2) is 85.9 Å². The van der Waals surface area contributed by atoms with E-state index < -0.39 is 36.1 Å². The minimum atomic E-state index is -1.03. The van der Waals surface area contributed by atoms with E-state index in [9.17, 15) is 19.2 Å². The lowest BCUT2D eigenvalue weighted by molar-refractivity contribution is -0.169. The molecule has 11 heteroatoms. The Morgan fingerprint density at radius 3 is 1.85 bits per heavy atom. The van der Waals surface area contributed by atoms with Crippen LogP contribution in [0.2, 0.25) is 0 Å². The summed E-state index contributed by atoms with van der Waals surface area (Å²) in [5.41, 5.74) is 0. The minimum Gasteiger partial charge on any atom is -0.461 e. The number of carbonyl (C=O) groups excluding carboxylic acids is 4. The molecule has 0 fully saturated rings. The quantitative estimate of drug-likeness (QED) is 0.112. The Labute approximate surface area is 194 Å². The Morgan fingerprint density at radius 2 is 1.24 bits per heavy atom. The summed E-state index contributed by atoms with van der Waals surface area (Å²) in [4.78, 5) is 46.7. The summed E-state index contributed by atoms with van der Waals surface area (Å²) >= 11 is 0. The zero-order valence-electron chi connectivity index (χ0n) is 19.6. The number of aliphatic hydroxyl groups excluding tert-OH is 2. The summed E-state index contributed by atoms with van der Waals surface area (Å²) in [7, 11) is 0. The smallest absolute Gasteiger partial charge is 0.347 e. The van der Waals surface area contributed by atoms with E-state index in [4.69, 9.17) is 29.2 Å². The van der Waals surface area contributed by atoms with Crippen LogP contribution in [0.4, 0.5) is 0 Å². The van der Waals surface area contributed by atoms with E-state index in [1.165, 1.54) is 13.8 Å². The second-order valence-electron chi connectivity index (χ2n) is 7.29. The lowest BCUT2D eigenvalue weighted by Crippen LogP contribution is -2.28. The third kappa shape index (κ3) is 18.1. The van der Waals surface area contributed by atoms with E-state index in [1.807, 2.05) is 0 Å². The molecule has 192 valence electrons. The van der Waals surface area contributed by atoms with Gasteiger partial charge < -0.3 is 33.9 Å². The van der Waals surface area contributed by atoms with Crippen molar-refractivity contribution in [1.29, 1.82) is 0 Å². The average Bonchev–Trinajstić information content (AvgIpc) is 2.78. The van der Waals surface area contributed by atoms with Crippen LogP contribution in [0.1, 0.15) is 65.2 Å². The molecule has 2 N–H and O–H groups in total. The molecule has 0 radical (unpaired) electrons. The van der Waals surface area contributed by atoms with Gasteiger partial charge >= 0.3 is 23.9 Å². The minimum absolute atomic E-state index is 0.0421. The molecule has 0 aliphatic rings. The van der Waals surface area contributed by atoms with E-state index in [0.29, 0.717) is 38.5 Å². The van der Waals surface area contributed by atoms with Crippen molar-refractivity contribution in [3.8, 4) is 0 Å². The zero-order chi connectivity index (χ0) is 24.9. The molecule has 0 amide bonds. The molecule has 0 spiro atoms. The van der Waals surface area contributed by atoms with Crippen molar-refractivity contribution < 1.29 is 53.1 Å². The fourth-order valence-corrected chi connectivity index (χ4v) is 2.44. The number of rotatable bonds is 20. The number of carbonyl (C=O) groups is 4. The monoisotopic (exact) mass is 478 g/mol. The van der Waals surface area contributed by atoms with Gasteiger partial charge in [0.15, 0.2) is 12.2 Å². The van der Waals surface area contributed by atoms with Crippen LogP contribution < -0.4 is 0 Å². The Kier molecular flexibility index (Phi) is 19.2. The highest BCUT2D eigenvalue weighted by molar-refractivity contribution is 5.87. The molecule has 0 heterocycles. The van der Waals surface area contributed by atoms with Crippen LogP contribution in [0.3, 0.4) is 0 Å². The van der Waals surface area contributed by atoms with Crippen molar-refractivity contribution in [2.75, 3.05) is 39.6 Å². The summed E-state index contributed by atoms with van der Waals surface area (Å²) in [5.74, 6) is -2.60. The Morgan fingerprint density at radius 1 is 0.667 bits per heavy atom. The molecule has 2 atom stereocenters. The summed E-state index contributed by atoms with van der Waals surface area (Å²) in [6, 6.07) is 0. The van der Waals surface area contributed by atoms with Crippen LogP contribution in [0.25, 0.3) is 0 Å². The van der Waals surface area contributed by atoms with Crippen molar-refractivity contribution >= 4 is 23.9 Å². The normalized spacial score (nSPS) is 12.6. The number of hydrogen-bond acceptors (Lipinski definition) is 11. The lowest BCUT2D eigenvalue weighted by atomic mass is 10.2. The highest BCUT2D eigenvalue weighted by Gasteiger charge is 2.20. The first-order valence-corrected chi connectivity index (χ1v) is 11.3. The van der Waals surface area contributed by atoms with E-state index in [1.54, 1.807) is 0 Å². The van der Waals surface area contributed by atoms with Gasteiger partial charge in [-0.05, 0) is 39.5 Å². The molecular formula is C22H38O11. The summed E-state index contributed by atoms with van der Waals surface area (Å²) in [5, 5.41) is 17.4. The van der Waals surface area contributed by atoms with Gasteiger partial charge in [0.05, 0.1) is 19.8 Å². The maximum absolute atomic E-state index is 11.8. The second kappa shape index (κ2) is 20.5. The zero-order valence-corrected chi connectivity index (χ0v) is 19.6. The Balaban J connectivity index is 3.76. The van der Waals surface area contributed by atoms with Crippen molar-refractivity contribution in [2.45, 2.75) is 77.4 Å². The molecule has 0 aliphatic carbocycles. The van der Waals surface area contributed by atoms with Gasteiger partial charge in [-0.25, -0.2) is 9.59 Å². The van der Waals surface area contributed by atoms with Crippen molar-refractivity contribution in [3.63, 3.8) is 0 Å². The standard InChI is InChI=1S/C22H38O11/c1-17(22(28)33-20(26)10-6-4-8-12-24)30-15-13-29-14-16-31-21(27)18(2)32-19(25)9-5-3-7-11-23/h17-18,23-24H,3-16H2,1-2H3. The van der Waals surface area contributed by atoms with E-state index in [0.717, 1.165) is 0 Å². The molecule has 0 aliphatic heterocycles. The first-order chi connectivity index (χ1) is 15.8. The molecule has 0 aromatic carbocycles. The molecule has 0 bridgehead atoms. The van der Waals surface area contributed by atoms with Gasteiger partial charge in [0.1, 0.15) is 6.61 Å². The van der Waals surface area contributed by atoms with Gasteiger partial charge in [0.25, 0.3) is 0 Å². The summed E-state index contributed by atoms with van der Waals surface area (Å²) < 4.78 is 25.1. The largest absolute Gasteiger partial charge is 0.461 e. The lowest BCUT2D eigenvalue weighted by Gasteiger charge is -2.13. The number of hydrogen-bond donors (Lipinski definition) is 2. The third-order valence-electron chi connectivity index (χ3n) is 4.33. The highest BCUT2D eigenvalue weighted by Crippen LogP contribution is 2.05. The third-order valence-corrected chi connectivity index (χ3v) is 4.33. The summed E-state index contributed by atoms with van der Waals surface area (Å²) in [6.45, 7) is 3.25. The topological polar surface area (TPSA) is 155 Å². The van der Waals surface area contributed by atoms with Crippen LogP contribution >= 0.6 is 0 Å². The predicted octanol–water partition coefficient (Wildman–Crippen LogP) is 1.06. The molecule has 0 aromatic rings. The van der Waals surface area contributed by atoms with Crippen molar-refractivity contribution in [2.24, 2.45) is 0 Å². The van der Waals surface area contributed by atoms with E-state index in [2.05, 4.69) is 4.74 Å². The number of aliphatic hydroxyl groups is 2. The van der Waals surface area contributed by atoms with Crippen LogP contribution in [-0.2, 0) is 42.9 Å². The average molecular weight is 479 g/mol. The molecular weight excluding hydrogens is 440 g/mol. The summed E-state index contributed by atoms with van der Waals surface area (Å²) in [6.07, 6.45) is 2.01. The first kappa shape index (κ1) is 30.9. The molecule has 33 heavy (non-hydrogen) atoms. The molecule has 11 nitrogen and oxygen atoms in total. The highest BCUT2D eigenvalue weighted by atomic mass is 16.6. The molecule has 0 saturated carbocycles. The maximum Gasteiger partial charge on any atom is 0.347 e. The fraction of sp³-hybridized carbons (Fsp3) is 0.818. The van der Waals surface area contributed by atoms with E-state index in [-0.39, 0.29) is 52.5 Å². The Bertz CT molecular complexity index is 565. The van der Waals surface area contributed by atoms with Crippen molar-refractivity contribution in [3.05, 3.63) is 0 Å². The van der Waals surface area contributed by atoms with Crippen LogP contribution in [0.5, 0.6) is 0 Å². The van der Waals surface area contributed by atoms with Crippen LogP contribution in [0.15, 0.2) is 0 Å². The van der Waals surface area contributed by atoms with Gasteiger partial charge in [-0.1, -0.05) is 12.8 Å². The second-order valence-corrected chi connectivity index (χ2v) is 7.29. The number of ether oxygens (including phenoxy) is 5. The fourth-order valence-electron chi connectivity index (χ4n) is 2.44. The van der Waals surface area contributed by atoms with Gasteiger partial charge in [-0.15, -0.1) is 0 Å². The first-order valence-electron chi connectivity index (χ1n) is 11.3.